The summed E-state index contributed by atoms with van der Waals surface area (Å²) in [6.07, 6.45) is 3.60. The van der Waals surface area contributed by atoms with Crippen molar-refractivity contribution < 1.29 is 18.0 Å². The van der Waals surface area contributed by atoms with Gasteiger partial charge in [-0.1, -0.05) is 25.0 Å². The van der Waals surface area contributed by atoms with Crippen molar-refractivity contribution in [1.29, 1.82) is 0 Å². The lowest BCUT2D eigenvalue weighted by atomic mass is 10.1. The lowest BCUT2D eigenvalue weighted by molar-refractivity contribution is -0.137. The topological polar surface area (TPSA) is 45.8 Å². The largest absolute Gasteiger partial charge is 0.416 e. The molecule has 2 aromatic rings. The number of carbonyl (C=O) groups is 1. The molecule has 0 atom stereocenters. The number of H-pyrrole nitrogens is 1. The van der Waals surface area contributed by atoms with Gasteiger partial charge in [-0.15, -0.1) is 0 Å². The Morgan fingerprint density at radius 1 is 1.04 bits per heavy atom. The van der Waals surface area contributed by atoms with Crippen molar-refractivity contribution in [3.63, 3.8) is 0 Å². The number of carbonyl (C=O) groups excluding carboxylic acids is 1. The number of nitrogens with zero attached hydrogens (tertiary/aromatic N) is 1. The van der Waals surface area contributed by atoms with Crippen LogP contribution in [0, 0.1) is 0 Å². The Kier molecular flexibility index (Phi) is 5.96. The molecular formula is C17H19F3N2O. The minimum absolute atomic E-state index is 0.610. The highest BCUT2D eigenvalue weighted by atomic mass is 19.4. The van der Waals surface area contributed by atoms with E-state index in [1.54, 1.807) is 6.20 Å². The predicted octanol–water partition coefficient (Wildman–Crippen LogP) is 4.79. The second kappa shape index (κ2) is 7.94. The van der Waals surface area contributed by atoms with Crippen LogP contribution in [0.5, 0.6) is 0 Å². The molecule has 0 radical (unpaired) electrons. The van der Waals surface area contributed by atoms with Crippen LogP contribution >= 0.6 is 0 Å². The Labute approximate surface area is 132 Å². The quantitative estimate of drug-likeness (QED) is 0.560. The number of aryl methyl sites for hydroxylation is 1. The smallest absolute Gasteiger partial charge is 0.342 e. The highest BCUT2D eigenvalue weighted by Crippen LogP contribution is 2.30. The molecule has 0 aliphatic heterocycles. The van der Waals surface area contributed by atoms with Crippen molar-refractivity contribution in [2.75, 3.05) is 0 Å². The fourth-order valence-electron chi connectivity index (χ4n) is 2.35. The van der Waals surface area contributed by atoms with Crippen LogP contribution in [-0.2, 0) is 17.4 Å². The number of aromatic amines is 1. The van der Waals surface area contributed by atoms with E-state index in [9.17, 15) is 18.0 Å². The number of aldehydes is 1. The highest BCUT2D eigenvalue weighted by Gasteiger charge is 2.29. The van der Waals surface area contributed by atoms with E-state index >= 15 is 0 Å². The van der Waals surface area contributed by atoms with Crippen molar-refractivity contribution in [2.45, 2.75) is 44.7 Å². The summed E-state index contributed by atoms with van der Waals surface area (Å²) in [6.45, 7) is 0. The van der Waals surface area contributed by atoms with Gasteiger partial charge >= 0.3 is 6.18 Å². The zero-order valence-electron chi connectivity index (χ0n) is 12.7. The SMILES string of the molecule is O=CCCCCCCc1ncc(-c2ccc(C(F)(F)F)cc2)[nH]1. The monoisotopic (exact) mass is 324 g/mol. The lowest BCUT2D eigenvalue weighted by Gasteiger charge is -2.06. The molecular weight excluding hydrogens is 305 g/mol. The minimum Gasteiger partial charge on any atom is -0.342 e. The van der Waals surface area contributed by atoms with Crippen LogP contribution in [0.3, 0.4) is 0 Å². The molecule has 0 spiro atoms. The summed E-state index contributed by atoms with van der Waals surface area (Å²) in [5.41, 5.74) is 0.744. The number of halogens is 3. The molecule has 1 aromatic heterocycles. The third kappa shape index (κ3) is 5.23. The summed E-state index contributed by atoms with van der Waals surface area (Å²) in [4.78, 5) is 17.6. The predicted molar refractivity (Wildman–Crippen MR) is 81.9 cm³/mol. The molecule has 2 rings (SSSR count). The number of unbranched alkanes of at least 4 members (excludes halogenated alkanes) is 4. The Bertz CT molecular complexity index is 618. The Balaban J connectivity index is 1.88. The van der Waals surface area contributed by atoms with E-state index < -0.39 is 11.7 Å². The van der Waals surface area contributed by atoms with E-state index in [2.05, 4.69) is 9.97 Å². The van der Waals surface area contributed by atoms with E-state index in [1.807, 2.05) is 0 Å². The molecule has 0 unspecified atom stereocenters. The Morgan fingerprint density at radius 2 is 1.74 bits per heavy atom. The van der Waals surface area contributed by atoms with Crippen LogP contribution in [0.1, 0.15) is 43.5 Å². The number of benzene rings is 1. The summed E-state index contributed by atoms with van der Waals surface area (Å²) in [6, 6.07) is 5.03. The van der Waals surface area contributed by atoms with Gasteiger partial charge in [0.15, 0.2) is 0 Å². The third-order valence-corrected chi connectivity index (χ3v) is 3.64. The van der Waals surface area contributed by atoms with Crippen LogP contribution < -0.4 is 0 Å². The van der Waals surface area contributed by atoms with Crippen LogP contribution in [-0.4, -0.2) is 16.3 Å². The molecule has 3 nitrogen and oxygen atoms in total. The summed E-state index contributed by atoms with van der Waals surface area (Å²) < 4.78 is 37.6. The first-order valence-electron chi connectivity index (χ1n) is 7.66. The van der Waals surface area contributed by atoms with E-state index in [-0.39, 0.29) is 0 Å². The van der Waals surface area contributed by atoms with Crippen LogP contribution in [0.2, 0.25) is 0 Å². The zero-order valence-corrected chi connectivity index (χ0v) is 12.7. The molecule has 0 aliphatic carbocycles. The Hall–Kier alpha value is -2.11. The normalized spacial score (nSPS) is 11.6. The molecule has 1 N–H and O–H groups in total. The van der Waals surface area contributed by atoms with Crippen LogP contribution in [0.15, 0.2) is 30.5 Å². The van der Waals surface area contributed by atoms with Crippen LogP contribution in [0.4, 0.5) is 13.2 Å². The van der Waals surface area contributed by atoms with Crippen molar-refractivity contribution in [1.82, 2.24) is 9.97 Å². The van der Waals surface area contributed by atoms with E-state index in [1.165, 1.54) is 12.1 Å². The van der Waals surface area contributed by atoms with Gasteiger partial charge in [0.05, 0.1) is 17.5 Å². The molecule has 23 heavy (non-hydrogen) atoms. The second-order valence-electron chi connectivity index (χ2n) is 5.44. The van der Waals surface area contributed by atoms with Crippen molar-refractivity contribution in [2.24, 2.45) is 0 Å². The van der Waals surface area contributed by atoms with Gasteiger partial charge < -0.3 is 9.78 Å². The Morgan fingerprint density at radius 3 is 2.39 bits per heavy atom. The fourth-order valence-corrected chi connectivity index (χ4v) is 2.35. The van der Waals surface area contributed by atoms with Crippen molar-refractivity contribution >= 4 is 6.29 Å². The molecule has 0 saturated carbocycles. The number of nitrogens with one attached hydrogen (secondary N) is 1. The molecule has 0 fully saturated rings. The van der Waals surface area contributed by atoms with Gasteiger partial charge in [0, 0.05) is 12.8 Å². The van der Waals surface area contributed by atoms with Crippen molar-refractivity contribution in [3.05, 3.63) is 41.9 Å². The molecule has 1 heterocycles. The second-order valence-corrected chi connectivity index (χ2v) is 5.44. The van der Waals surface area contributed by atoms with E-state index in [0.29, 0.717) is 12.0 Å². The first-order valence-corrected chi connectivity index (χ1v) is 7.66. The third-order valence-electron chi connectivity index (χ3n) is 3.64. The standard InChI is InChI=1S/C17H19F3N2O/c18-17(19,20)14-9-7-13(8-10-14)15-12-21-16(22-15)6-4-2-1-3-5-11-23/h7-12H,1-6H2,(H,21,22). The molecule has 1 aromatic carbocycles. The summed E-state index contributed by atoms with van der Waals surface area (Å²) in [5.74, 6) is 0.829. The van der Waals surface area contributed by atoms with Gasteiger partial charge in [-0.25, -0.2) is 4.98 Å². The van der Waals surface area contributed by atoms with Gasteiger partial charge in [-0.05, 0) is 30.5 Å². The number of imidazole rings is 1. The minimum atomic E-state index is -4.32. The molecule has 6 heteroatoms. The molecule has 0 bridgehead atoms. The van der Waals surface area contributed by atoms with Gasteiger partial charge in [0.25, 0.3) is 0 Å². The summed E-state index contributed by atoms with van der Waals surface area (Å²) >= 11 is 0. The van der Waals surface area contributed by atoms with Crippen molar-refractivity contribution in [3.8, 4) is 11.3 Å². The average molecular weight is 324 g/mol. The maximum atomic E-state index is 12.5. The summed E-state index contributed by atoms with van der Waals surface area (Å²) in [5, 5.41) is 0. The van der Waals surface area contributed by atoms with Gasteiger partial charge in [0.2, 0.25) is 0 Å². The first kappa shape index (κ1) is 17.2. The van der Waals surface area contributed by atoms with Gasteiger partial charge in [-0.3, -0.25) is 0 Å². The first-order chi connectivity index (χ1) is 11.0. The van der Waals surface area contributed by atoms with Gasteiger partial charge in [-0.2, -0.15) is 13.2 Å². The number of rotatable bonds is 8. The van der Waals surface area contributed by atoms with E-state index in [4.69, 9.17) is 0 Å². The molecule has 124 valence electrons. The number of alkyl halides is 3. The summed E-state index contributed by atoms with van der Waals surface area (Å²) in [7, 11) is 0. The molecule has 0 saturated heterocycles. The number of aromatic nitrogens is 2. The van der Waals surface area contributed by atoms with Crippen LogP contribution in [0.25, 0.3) is 11.3 Å². The molecule has 0 amide bonds. The zero-order chi connectivity index (χ0) is 16.7. The highest BCUT2D eigenvalue weighted by molar-refractivity contribution is 5.59. The lowest BCUT2D eigenvalue weighted by Crippen LogP contribution is -2.03. The van der Waals surface area contributed by atoms with E-state index in [0.717, 1.165) is 62.0 Å². The fraction of sp³-hybridized carbons (Fsp3) is 0.412. The number of hydrogen-bond acceptors (Lipinski definition) is 2. The maximum Gasteiger partial charge on any atom is 0.416 e. The van der Waals surface area contributed by atoms with Gasteiger partial charge in [0.1, 0.15) is 12.1 Å². The molecule has 0 aliphatic rings. The average Bonchev–Trinajstić information content (AvgIpc) is 2.99. The number of hydrogen-bond donors (Lipinski definition) is 1. The maximum absolute atomic E-state index is 12.5.